The van der Waals surface area contributed by atoms with Gasteiger partial charge in [-0.25, -0.2) is 5.43 Å². The van der Waals surface area contributed by atoms with Crippen molar-refractivity contribution in [3.8, 4) is 0 Å². The van der Waals surface area contributed by atoms with E-state index in [1.165, 1.54) is 5.56 Å². The molecule has 3 aromatic rings. The van der Waals surface area contributed by atoms with Gasteiger partial charge in [0.05, 0.1) is 11.2 Å². The van der Waals surface area contributed by atoms with Gasteiger partial charge in [-0.3, -0.25) is 4.79 Å². The van der Waals surface area contributed by atoms with Crippen molar-refractivity contribution in [2.24, 2.45) is 5.10 Å². The lowest BCUT2D eigenvalue weighted by Gasteiger charge is -2.45. The van der Waals surface area contributed by atoms with Gasteiger partial charge in [0, 0.05) is 34.2 Å². The maximum atomic E-state index is 12.4. The van der Waals surface area contributed by atoms with Gasteiger partial charge in [0.2, 0.25) is 0 Å². The lowest BCUT2D eigenvalue weighted by atomic mass is 9.80. The predicted octanol–water partition coefficient (Wildman–Crippen LogP) is 6.23. The second-order valence-electron chi connectivity index (χ2n) is 8.40. The summed E-state index contributed by atoms with van der Waals surface area (Å²) < 4.78 is 5.55. The number of hydrogen-bond acceptors (Lipinski definition) is 4. The number of furan rings is 1. The first kappa shape index (κ1) is 20.8. The Hall–Kier alpha value is -2.50. The molecule has 0 aliphatic carbocycles. The van der Waals surface area contributed by atoms with Crippen molar-refractivity contribution in [2.75, 3.05) is 11.9 Å². The Morgan fingerprint density at radius 1 is 1.27 bits per heavy atom. The summed E-state index contributed by atoms with van der Waals surface area (Å²) in [6.07, 6.45) is 2.61. The second kappa shape index (κ2) is 7.64. The quantitative estimate of drug-likeness (QED) is 0.385. The molecule has 0 radical (unpaired) electrons. The number of nitrogens with one attached hydrogen (secondary N) is 1. The van der Waals surface area contributed by atoms with Gasteiger partial charge in [0.15, 0.2) is 5.76 Å². The van der Waals surface area contributed by atoms with Crippen molar-refractivity contribution in [2.45, 2.75) is 38.6 Å². The monoisotopic (exact) mass is 443 g/mol. The highest BCUT2D eigenvalue weighted by Gasteiger charge is 2.34. The number of carbonyl (C=O) groups excluding carboxylic acids is 1. The second-order valence-corrected chi connectivity index (χ2v) is 9.24. The van der Waals surface area contributed by atoms with Crippen LogP contribution in [0.15, 0.2) is 45.9 Å². The van der Waals surface area contributed by atoms with E-state index in [-0.39, 0.29) is 11.3 Å². The van der Waals surface area contributed by atoms with Crippen molar-refractivity contribution in [3.63, 3.8) is 0 Å². The smallest absolute Gasteiger partial charge is 0.307 e. The molecule has 0 fully saturated rings. The van der Waals surface area contributed by atoms with Gasteiger partial charge < -0.3 is 9.32 Å². The molecule has 1 aromatic heterocycles. The Labute approximate surface area is 185 Å². The molecule has 156 valence electrons. The van der Waals surface area contributed by atoms with Gasteiger partial charge in [0.1, 0.15) is 5.58 Å². The average molecular weight is 444 g/mol. The van der Waals surface area contributed by atoms with Gasteiger partial charge in [0.25, 0.3) is 0 Å². The van der Waals surface area contributed by atoms with Crippen LogP contribution in [0.2, 0.25) is 10.0 Å². The third-order valence-corrected chi connectivity index (χ3v) is 6.39. The molecular weight excluding hydrogens is 421 g/mol. The molecule has 0 bridgehead atoms. The maximum Gasteiger partial charge on any atom is 0.307 e. The zero-order valence-corrected chi connectivity index (χ0v) is 18.8. The fraction of sp³-hybridized carbons (Fsp3) is 0.304. The number of fused-ring (bicyclic) bond motifs is 2. The van der Waals surface area contributed by atoms with E-state index in [2.05, 4.69) is 43.2 Å². The van der Waals surface area contributed by atoms with Gasteiger partial charge in [-0.2, -0.15) is 5.10 Å². The molecule has 2 heterocycles. The zero-order valence-electron chi connectivity index (χ0n) is 17.3. The third-order valence-electron chi connectivity index (χ3n) is 5.82. The predicted molar refractivity (Wildman–Crippen MR) is 123 cm³/mol. The van der Waals surface area contributed by atoms with E-state index in [9.17, 15) is 4.79 Å². The number of amides is 1. The molecule has 1 N–H and O–H groups in total. The molecule has 0 saturated carbocycles. The van der Waals surface area contributed by atoms with Crippen molar-refractivity contribution >= 4 is 52.0 Å². The van der Waals surface area contributed by atoms with E-state index in [4.69, 9.17) is 27.6 Å². The van der Waals surface area contributed by atoms with Gasteiger partial charge in [-0.15, -0.1) is 0 Å². The molecule has 1 aliphatic heterocycles. The molecule has 1 unspecified atom stereocenters. The summed E-state index contributed by atoms with van der Waals surface area (Å²) in [4.78, 5) is 14.7. The Kier molecular flexibility index (Phi) is 5.28. The molecule has 30 heavy (non-hydrogen) atoms. The molecule has 5 nitrogen and oxygen atoms in total. The van der Waals surface area contributed by atoms with Crippen LogP contribution in [0.4, 0.5) is 5.69 Å². The first-order valence-electron chi connectivity index (χ1n) is 9.75. The fourth-order valence-electron chi connectivity index (χ4n) is 4.05. The third kappa shape index (κ3) is 3.80. The van der Waals surface area contributed by atoms with E-state index >= 15 is 0 Å². The first-order valence-corrected chi connectivity index (χ1v) is 10.5. The van der Waals surface area contributed by atoms with Crippen LogP contribution in [0.25, 0.3) is 11.0 Å². The Bertz CT molecular complexity index is 1170. The van der Waals surface area contributed by atoms with Gasteiger partial charge >= 0.3 is 5.91 Å². The molecule has 7 heteroatoms. The molecule has 4 rings (SSSR count). The fourth-order valence-corrected chi connectivity index (χ4v) is 4.43. The van der Waals surface area contributed by atoms with Crippen molar-refractivity contribution in [1.29, 1.82) is 0 Å². The Balaban J connectivity index is 1.54. The van der Waals surface area contributed by atoms with Crippen LogP contribution in [-0.4, -0.2) is 24.7 Å². The topological polar surface area (TPSA) is 57.8 Å². The highest BCUT2D eigenvalue weighted by Crippen LogP contribution is 2.44. The van der Waals surface area contributed by atoms with Crippen molar-refractivity contribution in [1.82, 2.24) is 5.43 Å². The molecular formula is C23H23Cl2N3O2. The molecule has 1 aliphatic rings. The minimum Gasteiger partial charge on any atom is -0.451 e. The highest BCUT2D eigenvalue weighted by molar-refractivity contribution is 6.33. The van der Waals surface area contributed by atoms with E-state index in [0.29, 0.717) is 21.5 Å². The van der Waals surface area contributed by atoms with Crippen LogP contribution in [-0.2, 0) is 0 Å². The SMILES string of the molecule is CC1CC(C)(C)N(C)c2cc(Cl)c(/C=N\NC(=O)c3cc4cc(Cl)ccc4o3)cc21. The van der Waals surface area contributed by atoms with Crippen molar-refractivity contribution < 1.29 is 9.21 Å². The van der Waals surface area contributed by atoms with Gasteiger partial charge in [-0.1, -0.05) is 30.1 Å². The number of anilines is 1. The number of carbonyl (C=O) groups is 1. The Morgan fingerprint density at radius 2 is 2.03 bits per heavy atom. The number of hydrazone groups is 1. The van der Waals surface area contributed by atoms with E-state index in [1.807, 2.05) is 12.1 Å². The summed E-state index contributed by atoms with van der Waals surface area (Å²) in [5.41, 5.74) is 6.27. The van der Waals surface area contributed by atoms with Crippen LogP contribution in [0, 0.1) is 0 Å². The van der Waals surface area contributed by atoms with Crippen LogP contribution >= 0.6 is 23.2 Å². The number of rotatable bonds is 3. The van der Waals surface area contributed by atoms with Crippen molar-refractivity contribution in [3.05, 3.63) is 63.3 Å². The lowest BCUT2D eigenvalue weighted by molar-refractivity contribution is 0.0929. The highest BCUT2D eigenvalue weighted by atomic mass is 35.5. The van der Waals surface area contributed by atoms with E-state index in [0.717, 1.165) is 23.1 Å². The average Bonchev–Trinajstić information content (AvgIpc) is 3.10. The largest absolute Gasteiger partial charge is 0.451 e. The lowest BCUT2D eigenvalue weighted by Crippen LogP contribution is -2.45. The van der Waals surface area contributed by atoms with E-state index < -0.39 is 5.91 Å². The van der Waals surface area contributed by atoms with E-state index in [1.54, 1.807) is 30.5 Å². The zero-order chi connectivity index (χ0) is 21.6. The molecule has 1 atom stereocenters. The summed E-state index contributed by atoms with van der Waals surface area (Å²) in [6, 6.07) is 10.8. The summed E-state index contributed by atoms with van der Waals surface area (Å²) >= 11 is 12.5. The summed E-state index contributed by atoms with van der Waals surface area (Å²) in [6.45, 7) is 6.69. The molecule has 0 spiro atoms. The number of benzene rings is 2. The van der Waals surface area contributed by atoms with Crippen LogP contribution in [0.1, 0.15) is 54.8 Å². The number of halogens is 2. The van der Waals surface area contributed by atoms with Gasteiger partial charge in [-0.05, 0) is 68.1 Å². The molecule has 0 saturated heterocycles. The summed E-state index contributed by atoms with van der Waals surface area (Å²) in [5.74, 6) is 0.119. The Morgan fingerprint density at radius 3 is 2.80 bits per heavy atom. The van der Waals surface area contributed by atoms with Crippen LogP contribution in [0.5, 0.6) is 0 Å². The first-order chi connectivity index (χ1) is 14.2. The minimum absolute atomic E-state index is 0.0656. The molecule has 1 amide bonds. The maximum absolute atomic E-state index is 12.4. The summed E-state index contributed by atoms with van der Waals surface area (Å²) in [5, 5.41) is 6.01. The molecule has 2 aromatic carbocycles. The minimum atomic E-state index is -0.442. The van der Waals surface area contributed by atoms with Crippen LogP contribution < -0.4 is 10.3 Å². The van der Waals surface area contributed by atoms with Crippen LogP contribution in [0.3, 0.4) is 0 Å². The standard InChI is InChI=1S/C23H23Cl2N3O2/c1-13-11-23(2,3)28(4)19-10-18(25)15(8-17(13)19)12-26-27-22(29)21-9-14-7-16(24)5-6-20(14)30-21/h5-10,12-13H,11H2,1-4H3,(H,27,29)/b26-12-. The summed E-state index contributed by atoms with van der Waals surface area (Å²) in [7, 11) is 2.09. The number of hydrogen-bond donors (Lipinski definition) is 1. The number of nitrogens with zero attached hydrogens (tertiary/aromatic N) is 2. The normalized spacial score (nSPS) is 18.1.